The molecule has 0 spiro atoms. The highest BCUT2D eigenvalue weighted by atomic mass is 32.1. The van der Waals surface area contributed by atoms with Gasteiger partial charge in [-0.25, -0.2) is 0 Å². The molecule has 0 aromatic carbocycles. The van der Waals surface area contributed by atoms with E-state index in [1.165, 1.54) is 0 Å². The first kappa shape index (κ1) is 9.05. The Labute approximate surface area is 62.5 Å². The van der Waals surface area contributed by atoms with Crippen molar-refractivity contribution in [3.63, 3.8) is 0 Å². The molecule has 0 N–H and O–H groups in total. The second kappa shape index (κ2) is 6.17. The molecule has 0 amide bonds. The molecule has 0 saturated heterocycles. The molecule has 0 aromatic rings. The fraction of sp³-hybridized carbons (Fsp3) is 0.714. The summed E-state index contributed by atoms with van der Waals surface area (Å²) in [5.74, 6) is 0.899. The Morgan fingerprint density at radius 1 is 1.67 bits per heavy atom. The van der Waals surface area contributed by atoms with Gasteiger partial charge in [-0.2, -0.15) is 12.6 Å². The van der Waals surface area contributed by atoms with Gasteiger partial charge in [-0.05, 0) is 19.1 Å². The van der Waals surface area contributed by atoms with Crippen LogP contribution >= 0.6 is 12.6 Å². The van der Waals surface area contributed by atoms with Crippen molar-refractivity contribution in [1.29, 1.82) is 0 Å². The van der Waals surface area contributed by atoms with Crippen LogP contribution in [-0.4, -0.2) is 19.0 Å². The maximum absolute atomic E-state index is 5.19. The molecular weight excluding hydrogens is 132 g/mol. The minimum atomic E-state index is 0.688. The lowest BCUT2D eigenvalue weighted by molar-refractivity contribution is 0.158. The zero-order valence-corrected chi connectivity index (χ0v) is 6.79. The summed E-state index contributed by atoms with van der Waals surface area (Å²) in [5, 5.41) is 0. The molecule has 0 bridgehead atoms. The first-order valence-corrected chi connectivity index (χ1v) is 3.73. The minimum absolute atomic E-state index is 0.688. The van der Waals surface area contributed by atoms with E-state index in [1.807, 2.05) is 6.92 Å². The van der Waals surface area contributed by atoms with Crippen molar-refractivity contribution >= 4 is 12.6 Å². The van der Waals surface area contributed by atoms with Gasteiger partial charge in [-0.1, -0.05) is 12.2 Å². The molecule has 1 nitrogen and oxygen atoms in total. The average Bonchev–Trinajstić information content (AvgIpc) is 1.80. The maximum atomic E-state index is 5.19. The zero-order chi connectivity index (χ0) is 7.11. The zero-order valence-electron chi connectivity index (χ0n) is 5.89. The van der Waals surface area contributed by atoms with E-state index in [9.17, 15) is 0 Å². The lowest BCUT2D eigenvalue weighted by atomic mass is 10.4. The van der Waals surface area contributed by atoms with Crippen LogP contribution in [0.5, 0.6) is 0 Å². The summed E-state index contributed by atoms with van der Waals surface area (Å²) >= 11 is 4.04. The molecule has 0 aromatic heterocycles. The van der Waals surface area contributed by atoms with Crippen LogP contribution in [0.3, 0.4) is 0 Å². The van der Waals surface area contributed by atoms with Gasteiger partial charge in [0.2, 0.25) is 0 Å². The van der Waals surface area contributed by atoms with Gasteiger partial charge in [-0.3, -0.25) is 0 Å². The van der Waals surface area contributed by atoms with E-state index in [4.69, 9.17) is 4.74 Å². The Bertz CT molecular complexity index is 81.0. The van der Waals surface area contributed by atoms with Crippen molar-refractivity contribution in [3.05, 3.63) is 12.2 Å². The molecule has 0 fully saturated rings. The van der Waals surface area contributed by atoms with E-state index in [0.29, 0.717) is 6.61 Å². The summed E-state index contributed by atoms with van der Waals surface area (Å²) < 4.78 is 5.19. The molecule has 2 heteroatoms. The number of rotatable bonds is 5. The van der Waals surface area contributed by atoms with Gasteiger partial charge in [0.05, 0.1) is 6.61 Å². The smallest absolute Gasteiger partial charge is 0.0671 e. The molecular formula is C7H14OS. The average molecular weight is 146 g/mol. The van der Waals surface area contributed by atoms with Gasteiger partial charge < -0.3 is 4.74 Å². The highest BCUT2D eigenvalue weighted by Gasteiger charge is 1.85. The van der Waals surface area contributed by atoms with Crippen molar-refractivity contribution < 1.29 is 4.74 Å². The summed E-state index contributed by atoms with van der Waals surface area (Å²) in [6.45, 7) is 7.16. The Morgan fingerprint density at radius 3 is 2.78 bits per heavy atom. The number of hydrogen-bond acceptors (Lipinski definition) is 2. The molecule has 9 heavy (non-hydrogen) atoms. The van der Waals surface area contributed by atoms with Gasteiger partial charge in [0.15, 0.2) is 0 Å². The third-order valence-corrected chi connectivity index (χ3v) is 1.11. The number of ether oxygens (including phenoxy) is 1. The van der Waals surface area contributed by atoms with Crippen LogP contribution in [-0.2, 0) is 4.74 Å². The molecule has 0 atom stereocenters. The van der Waals surface area contributed by atoms with E-state index in [0.717, 1.165) is 24.4 Å². The van der Waals surface area contributed by atoms with Crippen molar-refractivity contribution in [3.8, 4) is 0 Å². The summed E-state index contributed by atoms with van der Waals surface area (Å²) in [7, 11) is 0. The lowest BCUT2D eigenvalue weighted by Crippen LogP contribution is -1.97. The molecule has 0 rings (SSSR count). The van der Waals surface area contributed by atoms with Gasteiger partial charge in [0.1, 0.15) is 0 Å². The van der Waals surface area contributed by atoms with Gasteiger partial charge in [0, 0.05) is 6.61 Å². The van der Waals surface area contributed by atoms with Crippen LogP contribution in [0.2, 0.25) is 0 Å². The van der Waals surface area contributed by atoms with Crippen molar-refractivity contribution in [2.45, 2.75) is 13.3 Å². The number of hydrogen-bond donors (Lipinski definition) is 1. The largest absolute Gasteiger partial charge is 0.377 e. The molecule has 0 aliphatic rings. The van der Waals surface area contributed by atoms with Crippen molar-refractivity contribution in [2.24, 2.45) is 0 Å². The first-order chi connectivity index (χ1) is 4.27. The standard InChI is InChI=1S/C7H14OS/c1-7(2)6-8-4-3-5-9/h9H,1,3-6H2,2H3. The van der Waals surface area contributed by atoms with Crippen LogP contribution in [0.1, 0.15) is 13.3 Å². The highest BCUT2D eigenvalue weighted by Crippen LogP contribution is 1.90. The molecule has 54 valence electrons. The van der Waals surface area contributed by atoms with Crippen LogP contribution in [0.15, 0.2) is 12.2 Å². The minimum Gasteiger partial charge on any atom is -0.377 e. The van der Waals surface area contributed by atoms with Crippen LogP contribution in [0.4, 0.5) is 0 Å². The Hall–Kier alpha value is 0.0500. The quantitative estimate of drug-likeness (QED) is 0.354. The Kier molecular flexibility index (Phi) is 6.21. The van der Waals surface area contributed by atoms with E-state index >= 15 is 0 Å². The van der Waals surface area contributed by atoms with Gasteiger partial charge in [-0.15, -0.1) is 0 Å². The van der Waals surface area contributed by atoms with Crippen molar-refractivity contribution in [1.82, 2.24) is 0 Å². The second-order valence-corrected chi connectivity index (χ2v) is 2.53. The molecule has 0 unspecified atom stereocenters. The van der Waals surface area contributed by atoms with Gasteiger partial charge in [0.25, 0.3) is 0 Å². The second-order valence-electron chi connectivity index (χ2n) is 2.09. The van der Waals surface area contributed by atoms with E-state index in [1.54, 1.807) is 0 Å². The lowest BCUT2D eigenvalue weighted by Gasteiger charge is -2.00. The Morgan fingerprint density at radius 2 is 2.33 bits per heavy atom. The fourth-order valence-electron chi connectivity index (χ4n) is 0.413. The molecule has 0 radical (unpaired) electrons. The fourth-order valence-corrected chi connectivity index (χ4v) is 0.542. The molecule has 0 aliphatic heterocycles. The SMILES string of the molecule is C=C(C)COCCCS. The summed E-state index contributed by atoms with van der Waals surface area (Å²) in [6.07, 6.45) is 1.02. The highest BCUT2D eigenvalue weighted by molar-refractivity contribution is 7.80. The van der Waals surface area contributed by atoms with Crippen molar-refractivity contribution in [2.75, 3.05) is 19.0 Å². The molecule has 0 aliphatic carbocycles. The normalized spacial score (nSPS) is 9.56. The monoisotopic (exact) mass is 146 g/mol. The first-order valence-electron chi connectivity index (χ1n) is 3.10. The van der Waals surface area contributed by atoms with Crippen LogP contribution < -0.4 is 0 Å². The number of thiol groups is 1. The maximum Gasteiger partial charge on any atom is 0.0671 e. The van der Waals surface area contributed by atoms with Gasteiger partial charge >= 0.3 is 0 Å². The predicted octanol–water partition coefficient (Wildman–Crippen LogP) is 1.90. The summed E-state index contributed by atoms with van der Waals surface area (Å²) in [5.41, 5.74) is 1.08. The molecule has 0 saturated carbocycles. The third-order valence-electron chi connectivity index (χ3n) is 0.795. The van der Waals surface area contributed by atoms with Crippen LogP contribution in [0, 0.1) is 0 Å². The molecule has 0 heterocycles. The third kappa shape index (κ3) is 8.05. The predicted molar refractivity (Wildman–Crippen MR) is 44.1 cm³/mol. The van der Waals surface area contributed by atoms with E-state index in [-0.39, 0.29) is 0 Å². The van der Waals surface area contributed by atoms with E-state index in [2.05, 4.69) is 19.2 Å². The van der Waals surface area contributed by atoms with Crippen LogP contribution in [0.25, 0.3) is 0 Å². The Balaban J connectivity index is 2.83. The topological polar surface area (TPSA) is 9.23 Å². The summed E-state index contributed by atoms with van der Waals surface area (Å²) in [4.78, 5) is 0. The summed E-state index contributed by atoms with van der Waals surface area (Å²) in [6, 6.07) is 0. The van der Waals surface area contributed by atoms with E-state index < -0.39 is 0 Å².